The summed E-state index contributed by atoms with van der Waals surface area (Å²) in [4.78, 5) is 2.33. The molecule has 5 heteroatoms. The van der Waals surface area contributed by atoms with Crippen molar-refractivity contribution in [2.24, 2.45) is 5.92 Å². The van der Waals surface area contributed by atoms with Gasteiger partial charge in [-0.2, -0.15) is 0 Å². The number of halogens is 1. The van der Waals surface area contributed by atoms with Crippen LogP contribution in [0.3, 0.4) is 0 Å². The highest BCUT2D eigenvalue weighted by atomic mass is 19.1. The van der Waals surface area contributed by atoms with Crippen LogP contribution < -0.4 is 14.8 Å². The number of ether oxygens (including phenoxy) is 2. The van der Waals surface area contributed by atoms with Crippen LogP contribution in [0.1, 0.15) is 110 Å². The Hall–Kier alpha value is -3.15. The third kappa shape index (κ3) is 18.7. The molecule has 0 aliphatic heterocycles. The molecule has 0 aliphatic rings. The van der Waals surface area contributed by atoms with E-state index in [9.17, 15) is 4.39 Å². The van der Waals surface area contributed by atoms with Gasteiger partial charge in [0.1, 0.15) is 5.75 Å². The first-order valence-electron chi connectivity index (χ1n) is 17.8. The second-order valence-electron chi connectivity index (χ2n) is 12.8. The highest BCUT2D eigenvalue weighted by Gasteiger charge is 2.08. The fourth-order valence-electron chi connectivity index (χ4n) is 4.69. The molecule has 1 N–H and O–H groups in total. The molecule has 0 radical (unpaired) electrons. The Morgan fingerprint density at radius 2 is 1.38 bits per heavy atom. The standard InChI is InChI=1S/C16H26FNO.C15H25NO.C11H14/c1-5-18(6-2)10-7-11-19-16-9-8-14(13(3)4)12-15(16)17;1-5-14(16-4)10-11-17-15-8-6-13(7-9-15)12(2)3;1-10(2)8-9-11-6-4-3-5-7-11/h8-9,12-13H,5-7,10-11H2,1-4H3;6-9,12,14,16H,5,10-11H2,1-4H3;3-10H,1-2H3/b;;9-8+. The van der Waals surface area contributed by atoms with Crippen LogP contribution in [0, 0.1) is 11.7 Å². The Morgan fingerprint density at radius 3 is 1.89 bits per heavy atom. The van der Waals surface area contributed by atoms with Crippen molar-refractivity contribution >= 4 is 6.08 Å². The van der Waals surface area contributed by atoms with Crippen molar-refractivity contribution in [1.82, 2.24) is 10.2 Å². The van der Waals surface area contributed by atoms with Gasteiger partial charge in [0.05, 0.1) is 13.2 Å². The summed E-state index contributed by atoms with van der Waals surface area (Å²) < 4.78 is 25.0. The summed E-state index contributed by atoms with van der Waals surface area (Å²) in [5.74, 6) is 2.64. The summed E-state index contributed by atoms with van der Waals surface area (Å²) in [6.45, 7) is 23.8. The molecule has 1 unspecified atom stereocenters. The predicted octanol–water partition coefficient (Wildman–Crippen LogP) is 11.0. The number of nitrogens with zero attached hydrogens (tertiary/aromatic N) is 1. The molecule has 3 aromatic rings. The van der Waals surface area contributed by atoms with Crippen LogP contribution in [0.5, 0.6) is 11.5 Å². The van der Waals surface area contributed by atoms with Gasteiger partial charge in [-0.1, -0.05) is 123 Å². The minimum atomic E-state index is -0.256. The van der Waals surface area contributed by atoms with Crippen LogP contribution in [0.2, 0.25) is 0 Å². The highest BCUT2D eigenvalue weighted by Crippen LogP contribution is 2.23. The molecule has 0 saturated heterocycles. The molecule has 47 heavy (non-hydrogen) atoms. The zero-order valence-corrected chi connectivity index (χ0v) is 31.2. The Labute approximate surface area is 287 Å². The quantitative estimate of drug-likeness (QED) is 0.148. The maximum Gasteiger partial charge on any atom is 0.165 e. The van der Waals surface area contributed by atoms with E-state index in [2.05, 4.69) is 133 Å². The van der Waals surface area contributed by atoms with Gasteiger partial charge in [-0.3, -0.25) is 0 Å². The average molecular weight is 649 g/mol. The van der Waals surface area contributed by atoms with Crippen molar-refractivity contribution in [3.05, 3.63) is 101 Å². The zero-order chi connectivity index (χ0) is 35.0. The van der Waals surface area contributed by atoms with E-state index in [1.54, 1.807) is 12.1 Å². The summed E-state index contributed by atoms with van der Waals surface area (Å²) in [5.41, 5.74) is 3.65. The predicted molar refractivity (Wildman–Crippen MR) is 202 cm³/mol. The molecule has 0 bridgehead atoms. The average Bonchev–Trinajstić information content (AvgIpc) is 3.07. The Morgan fingerprint density at radius 1 is 0.766 bits per heavy atom. The number of benzene rings is 3. The van der Waals surface area contributed by atoms with E-state index in [1.807, 2.05) is 19.2 Å². The van der Waals surface area contributed by atoms with Crippen LogP contribution in [0.4, 0.5) is 4.39 Å². The lowest BCUT2D eigenvalue weighted by molar-refractivity contribution is 0.243. The summed E-state index contributed by atoms with van der Waals surface area (Å²) >= 11 is 0. The van der Waals surface area contributed by atoms with Gasteiger partial charge in [-0.15, -0.1) is 0 Å². The molecule has 0 aliphatic carbocycles. The first-order valence-corrected chi connectivity index (χ1v) is 17.8. The van der Waals surface area contributed by atoms with Gasteiger partial charge in [-0.05, 0) is 98.1 Å². The van der Waals surface area contributed by atoms with E-state index >= 15 is 0 Å². The highest BCUT2D eigenvalue weighted by molar-refractivity contribution is 5.48. The number of hydrogen-bond donors (Lipinski definition) is 1. The molecule has 0 spiro atoms. The van der Waals surface area contributed by atoms with Gasteiger partial charge in [0.25, 0.3) is 0 Å². The summed E-state index contributed by atoms with van der Waals surface area (Å²) in [5, 5.41) is 3.28. The Kier molecular flexibility index (Phi) is 22.2. The molecule has 4 nitrogen and oxygen atoms in total. The molecule has 0 amide bonds. The van der Waals surface area contributed by atoms with Gasteiger partial charge >= 0.3 is 0 Å². The lowest BCUT2D eigenvalue weighted by atomic mass is 10.0. The Balaban J connectivity index is 0.000000364. The Bertz CT molecular complexity index is 1200. The van der Waals surface area contributed by atoms with Gasteiger partial charge in [0.2, 0.25) is 0 Å². The second-order valence-corrected chi connectivity index (χ2v) is 12.8. The molecule has 3 aromatic carbocycles. The second kappa shape index (κ2) is 24.9. The monoisotopic (exact) mass is 649 g/mol. The van der Waals surface area contributed by atoms with E-state index in [-0.39, 0.29) is 5.82 Å². The fourth-order valence-corrected chi connectivity index (χ4v) is 4.69. The molecule has 0 fully saturated rings. The fraction of sp³-hybridized carbons (Fsp3) is 0.524. The van der Waals surface area contributed by atoms with Gasteiger partial charge in [-0.25, -0.2) is 4.39 Å². The summed E-state index contributed by atoms with van der Waals surface area (Å²) in [7, 11) is 2.01. The van der Waals surface area contributed by atoms with E-state index in [0.29, 0.717) is 36.2 Å². The minimum absolute atomic E-state index is 0.256. The first kappa shape index (κ1) is 41.9. The van der Waals surface area contributed by atoms with Crippen LogP contribution >= 0.6 is 0 Å². The van der Waals surface area contributed by atoms with E-state index in [0.717, 1.165) is 56.8 Å². The lowest BCUT2D eigenvalue weighted by Gasteiger charge is -2.17. The van der Waals surface area contributed by atoms with Crippen molar-refractivity contribution in [1.29, 1.82) is 0 Å². The number of hydrogen-bond acceptors (Lipinski definition) is 4. The van der Waals surface area contributed by atoms with Crippen molar-refractivity contribution in [3.63, 3.8) is 0 Å². The topological polar surface area (TPSA) is 33.7 Å². The number of allylic oxidation sites excluding steroid dienone is 1. The molecular weight excluding hydrogens is 583 g/mol. The SMILES string of the molecule is CC(C)/C=C/c1ccccc1.CCC(CCOc1ccc(C(C)C)cc1)NC.CCN(CC)CCCOc1ccc(C(C)C)cc1F. The van der Waals surface area contributed by atoms with Gasteiger partial charge in [0, 0.05) is 12.6 Å². The van der Waals surface area contributed by atoms with Crippen LogP contribution in [-0.4, -0.2) is 50.8 Å². The van der Waals surface area contributed by atoms with Crippen molar-refractivity contribution < 1.29 is 13.9 Å². The maximum absolute atomic E-state index is 13.8. The molecule has 0 heterocycles. The minimum Gasteiger partial charge on any atom is -0.494 e. The number of rotatable bonds is 17. The molecule has 262 valence electrons. The summed E-state index contributed by atoms with van der Waals surface area (Å²) in [6.07, 6.45) is 7.48. The third-order valence-electron chi connectivity index (χ3n) is 8.05. The largest absolute Gasteiger partial charge is 0.494 e. The zero-order valence-electron chi connectivity index (χ0n) is 31.2. The van der Waals surface area contributed by atoms with Crippen LogP contribution in [-0.2, 0) is 0 Å². The third-order valence-corrected chi connectivity index (χ3v) is 8.05. The smallest absolute Gasteiger partial charge is 0.165 e. The van der Waals surface area contributed by atoms with Crippen molar-refractivity contribution in [2.75, 3.05) is 39.9 Å². The van der Waals surface area contributed by atoms with Gasteiger partial charge in [0.15, 0.2) is 11.6 Å². The summed E-state index contributed by atoms with van der Waals surface area (Å²) in [6, 6.07) is 24.6. The van der Waals surface area contributed by atoms with E-state index in [4.69, 9.17) is 9.47 Å². The van der Waals surface area contributed by atoms with E-state index < -0.39 is 0 Å². The first-order chi connectivity index (χ1) is 22.5. The molecule has 1 atom stereocenters. The van der Waals surface area contributed by atoms with Crippen LogP contribution in [0.15, 0.2) is 78.9 Å². The van der Waals surface area contributed by atoms with Crippen molar-refractivity contribution in [2.45, 2.75) is 99.5 Å². The molecule has 3 rings (SSSR count). The van der Waals surface area contributed by atoms with Crippen LogP contribution in [0.25, 0.3) is 6.08 Å². The molecular formula is C42H65FN2O2. The normalized spacial score (nSPS) is 11.8. The van der Waals surface area contributed by atoms with E-state index in [1.165, 1.54) is 11.1 Å². The van der Waals surface area contributed by atoms with Crippen molar-refractivity contribution in [3.8, 4) is 11.5 Å². The lowest BCUT2D eigenvalue weighted by Crippen LogP contribution is -2.26. The van der Waals surface area contributed by atoms with Gasteiger partial charge < -0.3 is 19.7 Å². The maximum atomic E-state index is 13.8. The molecule has 0 saturated carbocycles. The number of nitrogens with one attached hydrogen (secondary N) is 1. The molecule has 0 aromatic heterocycles.